The lowest BCUT2D eigenvalue weighted by Gasteiger charge is -2.16. The number of ether oxygens (including phenoxy) is 1. The van der Waals surface area contributed by atoms with Crippen LogP contribution in [0.4, 0.5) is 0 Å². The third-order valence-electron chi connectivity index (χ3n) is 4.77. The fourth-order valence-corrected chi connectivity index (χ4v) is 3.37. The lowest BCUT2D eigenvalue weighted by molar-refractivity contribution is 0.0714. The molecule has 0 radical (unpaired) electrons. The first kappa shape index (κ1) is 16.5. The molecular weight excluding hydrogens is 332 g/mol. The second-order valence-electron chi connectivity index (χ2n) is 6.39. The number of nitrogens with zero attached hydrogens (tertiary/aromatic N) is 5. The van der Waals surface area contributed by atoms with Crippen LogP contribution in [-0.4, -0.2) is 62.3 Å². The summed E-state index contributed by atoms with van der Waals surface area (Å²) in [4.78, 5) is 14.7. The predicted molar refractivity (Wildman–Crippen MR) is 93.6 cm³/mol. The molecule has 1 aromatic carbocycles. The standard InChI is InChI=1S/C18H20N6O2/c1-26-17-12-23(11-15(17)16-9-19-22-21-16)18(25)14-5-3-13(4-6-14)10-24-8-2-7-20-24/h2-9,15,17H,10-12H2,1H3,(H,19,21,22)/t15-,17+/m0/s1. The van der Waals surface area contributed by atoms with Gasteiger partial charge in [-0.05, 0) is 23.8 Å². The zero-order chi connectivity index (χ0) is 17.9. The lowest BCUT2D eigenvalue weighted by Crippen LogP contribution is -2.29. The Morgan fingerprint density at radius 1 is 1.31 bits per heavy atom. The summed E-state index contributed by atoms with van der Waals surface area (Å²) in [5, 5.41) is 14.8. The summed E-state index contributed by atoms with van der Waals surface area (Å²) in [6, 6.07) is 9.56. The van der Waals surface area contributed by atoms with E-state index in [-0.39, 0.29) is 17.9 Å². The maximum absolute atomic E-state index is 12.9. The zero-order valence-electron chi connectivity index (χ0n) is 14.4. The van der Waals surface area contributed by atoms with E-state index in [2.05, 4.69) is 20.5 Å². The Morgan fingerprint density at radius 2 is 2.15 bits per heavy atom. The highest BCUT2D eigenvalue weighted by molar-refractivity contribution is 5.94. The van der Waals surface area contributed by atoms with Gasteiger partial charge in [0, 0.05) is 38.2 Å². The molecule has 26 heavy (non-hydrogen) atoms. The third-order valence-corrected chi connectivity index (χ3v) is 4.77. The van der Waals surface area contributed by atoms with Crippen molar-refractivity contribution in [1.29, 1.82) is 0 Å². The van der Waals surface area contributed by atoms with Gasteiger partial charge in [-0.15, -0.1) is 0 Å². The van der Waals surface area contributed by atoms with Crippen molar-refractivity contribution in [2.45, 2.75) is 18.6 Å². The molecule has 1 saturated heterocycles. The molecule has 2 atom stereocenters. The molecule has 4 rings (SSSR count). The van der Waals surface area contributed by atoms with Gasteiger partial charge in [-0.1, -0.05) is 12.1 Å². The number of hydrogen-bond donors (Lipinski definition) is 1. The van der Waals surface area contributed by atoms with E-state index in [1.807, 2.05) is 46.1 Å². The number of rotatable bonds is 5. The highest BCUT2D eigenvalue weighted by Gasteiger charge is 2.38. The second-order valence-corrected chi connectivity index (χ2v) is 6.39. The molecule has 2 aromatic heterocycles. The van der Waals surface area contributed by atoms with Crippen molar-refractivity contribution in [2.75, 3.05) is 20.2 Å². The quantitative estimate of drug-likeness (QED) is 0.748. The first-order chi connectivity index (χ1) is 12.7. The van der Waals surface area contributed by atoms with Gasteiger partial charge >= 0.3 is 0 Å². The van der Waals surface area contributed by atoms with Crippen molar-refractivity contribution in [3.63, 3.8) is 0 Å². The van der Waals surface area contributed by atoms with E-state index < -0.39 is 0 Å². The largest absolute Gasteiger partial charge is 0.379 e. The molecule has 1 amide bonds. The number of carbonyl (C=O) groups excluding carboxylic acids is 1. The van der Waals surface area contributed by atoms with Crippen LogP contribution in [0, 0.1) is 0 Å². The first-order valence-electron chi connectivity index (χ1n) is 8.48. The number of H-pyrrole nitrogens is 1. The van der Waals surface area contributed by atoms with Crippen molar-refractivity contribution in [2.24, 2.45) is 0 Å². The molecule has 1 N–H and O–H groups in total. The van der Waals surface area contributed by atoms with Gasteiger partial charge in [-0.25, -0.2) is 0 Å². The number of aromatic nitrogens is 5. The summed E-state index contributed by atoms with van der Waals surface area (Å²) in [6.45, 7) is 1.80. The Hall–Kier alpha value is -3.00. The fourth-order valence-electron chi connectivity index (χ4n) is 3.37. The average molecular weight is 352 g/mol. The third kappa shape index (κ3) is 3.23. The van der Waals surface area contributed by atoms with Crippen LogP contribution in [0.15, 0.2) is 48.9 Å². The molecule has 1 fully saturated rings. The van der Waals surface area contributed by atoms with E-state index in [9.17, 15) is 4.79 Å². The van der Waals surface area contributed by atoms with E-state index in [1.54, 1.807) is 19.5 Å². The van der Waals surface area contributed by atoms with Gasteiger partial charge in [-0.3, -0.25) is 9.48 Å². The van der Waals surface area contributed by atoms with Gasteiger partial charge in [0.25, 0.3) is 5.91 Å². The summed E-state index contributed by atoms with van der Waals surface area (Å²) >= 11 is 0. The van der Waals surface area contributed by atoms with Gasteiger partial charge in [0.1, 0.15) is 0 Å². The minimum Gasteiger partial charge on any atom is -0.379 e. The van der Waals surface area contributed by atoms with Gasteiger partial charge in [0.15, 0.2) is 0 Å². The highest BCUT2D eigenvalue weighted by Crippen LogP contribution is 2.28. The second kappa shape index (κ2) is 7.09. The number of nitrogens with one attached hydrogen (secondary N) is 1. The smallest absolute Gasteiger partial charge is 0.253 e. The maximum atomic E-state index is 12.9. The van der Waals surface area contributed by atoms with E-state index >= 15 is 0 Å². The van der Waals surface area contributed by atoms with Crippen LogP contribution < -0.4 is 0 Å². The van der Waals surface area contributed by atoms with Gasteiger partial charge in [0.05, 0.1) is 30.5 Å². The number of likely N-dealkylation sites (tertiary alicyclic amines) is 1. The predicted octanol–water partition coefficient (Wildman–Crippen LogP) is 1.30. The number of hydrogen-bond acceptors (Lipinski definition) is 5. The minimum absolute atomic E-state index is 0.00341. The van der Waals surface area contributed by atoms with Crippen LogP contribution in [0.2, 0.25) is 0 Å². The lowest BCUT2D eigenvalue weighted by atomic mass is 10.0. The van der Waals surface area contributed by atoms with E-state index in [0.717, 1.165) is 11.3 Å². The van der Waals surface area contributed by atoms with Crippen LogP contribution in [0.25, 0.3) is 0 Å². The Labute approximate surface area is 150 Å². The van der Waals surface area contributed by atoms with Crippen molar-refractivity contribution in [3.8, 4) is 0 Å². The number of amides is 1. The highest BCUT2D eigenvalue weighted by atomic mass is 16.5. The van der Waals surface area contributed by atoms with E-state index in [4.69, 9.17) is 4.74 Å². The van der Waals surface area contributed by atoms with Crippen LogP contribution in [0.1, 0.15) is 27.5 Å². The normalized spacial score (nSPS) is 19.8. The van der Waals surface area contributed by atoms with Crippen molar-refractivity contribution in [1.82, 2.24) is 30.1 Å². The monoisotopic (exact) mass is 352 g/mol. The van der Waals surface area contributed by atoms with Crippen molar-refractivity contribution >= 4 is 5.91 Å². The first-order valence-corrected chi connectivity index (χ1v) is 8.48. The molecule has 0 aliphatic carbocycles. The molecule has 0 saturated carbocycles. The summed E-state index contributed by atoms with van der Waals surface area (Å²) in [6.07, 6.45) is 5.28. The van der Waals surface area contributed by atoms with Crippen molar-refractivity contribution in [3.05, 3.63) is 65.7 Å². The number of carbonyl (C=O) groups is 1. The van der Waals surface area contributed by atoms with Crippen molar-refractivity contribution < 1.29 is 9.53 Å². The minimum atomic E-state index is -0.0804. The molecule has 8 nitrogen and oxygen atoms in total. The molecule has 0 bridgehead atoms. The molecule has 3 aromatic rings. The number of aromatic amines is 1. The SMILES string of the molecule is CO[C@@H]1CN(C(=O)c2ccc(Cn3cccn3)cc2)C[C@H]1c1cn[nH]n1. The topological polar surface area (TPSA) is 88.9 Å². The Bertz CT molecular complexity index is 844. The number of benzene rings is 1. The molecule has 0 unspecified atom stereocenters. The fraction of sp³-hybridized carbons (Fsp3) is 0.333. The van der Waals surface area contributed by atoms with Gasteiger partial charge in [-0.2, -0.15) is 20.5 Å². The zero-order valence-corrected chi connectivity index (χ0v) is 14.4. The van der Waals surface area contributed by atoms with E-state index in [0.29, 0.717) is 25.2 Å². The molecule has 8 heteroatoms. The molecule has 134 valence electrons. The van der Waals surface area contributed by atoms with E-state index in [1.165, 1.54) is 0 Å². The average Bonchev–Trinajstić information content (AvgIpc) is 3.42. The summed E-state index contributed by atoms with van der Waals surface area (Å²) in [7, 11) is 1.66. The van der Waals surface area contributed by atoms with Gasteiger partial charge < -0.3 is 9.64 Å². The van der Waals surface area contributed by atoms with Gasteiger partial charge in [0.2, 0.25) is 0 Å². The van der Waals surface area contributed by atoms with Crippen LogP contribution in [-0.2, 0) is 11.3 Å². The number of methoxy groups -OCH3 is 1. The maximum Gasteiger partial charge on any atom is 0.253 e. The molecule has 3 heterocycles. The Kier molecular flexibility index (Phi) is 4.49. The summed E-state index contributed by atoms with van der Waals surface area (Å²) in [5.41, 5.74) is 2.59. The Morgan fingerprint density at radius 3 is 2.81 bits per heavy atom. The summed E-state index contributed by atoms with van der Waals surface area (Å²) in [5.74, 6) is 0.0328. The van der Waals surface area contributed by atoms with Crippen LogP contribution in [0.5, 0.6) is 0 Å². The Balaban J connectivity index is 1.45. The molecule has 1 aliphatic heterocycles. The van der Waals surface area contributed by atoms with Crippen LogP contribution >= 0.6 is 0 Å². The molecule has 1 aliphatic rings. The molecule has 0 spiro atoms. The van der Waals surface area contributed by atoms with Crippen LogP contribution in [0.3, 0.4) is 0 Å². The molecular formula is C18H20N6O2. The summed E-state index contributed by atoms with van der Waals surface area (Å²) < 4.78 is 7.41.